The molecule has 2 heterocycles. The molecule has 0 unspecified atom stereocenters. The first-order chi connectivity index (χ1) is 16.4. The minimum Gasteiger partial charge on any atom is -0.356 e. The quantitative estimate of drug-likeness (QED) is 0.337. The summed E-state index contributed by atoms with van der Waals surface area (Å²) in [6.07, 6.45) is -4.24. The maximum Gasteiger partial charge on any atom is 0.471 e. The number of carbonyl (C=O) groups is 4. The van der Waals surface area contributed by atoms with Gasteiger partial charge >= 0.3 is 12.1 Å². The van der Waals surface area contributed by atoms with Gasteiger partial charge in [0.05, 0.1) is 6.04 Å². The second kappa shape index (κ2) is 9.70. The average Bonchev–Trinajstić information content (AvgIpc) is 3.09. The van der Waals surface area contributed by atoms with Gasteiger partial charge in [0.1, 0.15) is 12.1 Å². The Morgan fingerprint density at radius 3 is 2.31 bits per heavy atom. The molecule has 0 radical (unpaired) electrons. The number of alkyl halides is 3. The van der Waals surface area contributed by atoms with E-state index in [2.05, 4.69) is 23.3 Å². The molecule has 0 aromatic heterocycles. The van der Waals surface area contributed by atoms with Crippen LogP contribution in [0.15, 0.2) is 0 Å². The van der Waals surface area contributed by atoms with Gasteiger partial charge in [-0.2, -0.15) is 13.2 Å². The molecule has 0 aromatic carbocycles. The lowest BCUT2D eigenvalue weighted by Crippen LogP contribution is -2.61. The van der Waals surface area contributed by atoms with E-state index in [1.165, 1.54) is 4.90 Å². The summed E-state index contributed by atoms with van der Waals surface area (Å²) in [4.78, 5) is 52.2. The van der Waals surface area contributed by atoms with Crippen molar-refractivity contribution >= 4 is 36.3 Å². The topological polar surface area (TPSA) is 134 Å². The number of likely N-dealkylation sites (tertiary alicyclic amines) is 1. The fraction of sp³-hybridized carbons (Fsp3) is 0.826. The molecule has 1 saturated carbocycles. The summed E-state index contributed by atoms with van der Waals surface area (Å²) in [5, 5.41) is 6.79. The van der Waals surface area contributed by atoms with Crippen molar-refractivity contribution in [2.24, 2.45) is 34.3 Å². The summed E-state index contributed by atoms with van der Waals surface area (Å²) in [5.74, 6) is -4.05. The third kappa shape index (κ3) is 5.61. The lowest BCUT2D eigenvalue weighted by atomic mass is 9.85. The van der Waals surface area contributed by atoms with Crippen molar-refractivity contribution < 1.29 is 32.3 Å². The summed E-state index contributed by atoms with van der Waals surface area (Å²) in [7, 11) is 0. The highest BCUT2D eigenvalue weighted by Crippen LogP contribution is 2.65. The van der Waals surface area contributed by atoms with Crippen LogP contribution in [0.25, 0.3) is 0 Å². The number of hydrogen-bond acceptors (Lipinski definition) is 5. The summed E-state index contributed by atoms with van der Waals surface area (Å²) in [6.45, 7) is 9.35. The Kier molecular flexibility index (Phi) is 7.69. The van der Waals surface area contributed by atoms with Gasteiger partial charge < -0.3 is 20.9 Å². The maximum absolute atomic E-state index is 13.6. The summed E-state index contributed by atoms with van der Waals surface area (Å²) >= 11 is 3.35. The number of carbonyl (C=O) groups excluding carboxylic acids is 4. The number of piperidine rings is 1. The highest BCUT2D eigenvalue weighted by atomic mass is 32.1. The molecule has 9 nitrogen and oxygen atoms in total. The first-order valence-corrected chi connectivity index (χ1v) is 12.7. The number of amides is 4. The SMILES string of the molecule is CC(C)(C)[C@H](NC(=O)C(F)(F)F)C(=O)N1C[C@H]2[C@@H]([C@H]1C(=O)N[C@@H](C[C@@H]1CCNC1=O)[C@@H](N)[SH2+])C2(C)C. The van der Waals surface area contributed by atoms with E-state index >= 15 is 0 Å². The standard InChI is InChI=1S/C23H36F3N5O4S/c1-21(2,3)15(30-20(35)23(24,25)26)19(34)31-9-11-13(22(11,4)5)14(31)18(33)29-12(16(27)36)8-10-6-7-28-17(10)32/h10-16,36H,6-9,27H2,1-5H3,(H,28,32)(H,29,33)(H,30,35)/p+1/t10-,11-,12-,13-,14-,15+,16-/m0/s1. The minimum atomic E-state index is -5.15. The van der Waals surface area contributed by atoms with Crippen LogP contribution < -0.4 is 21.7 Å². The fourth-order valence-electron chi connectivity index (χ4n) is 5.58. The monoisotopic (exact) mass is 536 g/mol. The number of nitrogens with two attached hydrogens (primary N) is 1. The van der Waals surface area contributed by atoms with Crippen molar-refractivity contribution in [1.82, 2.24) is 20.9 Å². The van der Waals surface area contributed by atoms with Gasteiger partial charge in [-0.25, -0.2) is 0 Å². The summed E-state index contributed by atoms with van der Waals surface area (Å²) in [6, 6.07) is -3.03. The van der Waals surface area contributed by atoms with E-state index in [0.717, 1.165) is 0 Å². The third-order valence-electron chi connectivity index (χ3n) is 7.87. The zero-order valence-electron chi connectivity index (χ0n) is 21.2. The van der Waals surface area contributed by atoms with E-state index < -0.39 is 52.8 Å². The minimum absolute atomic E-state index is 0.00706. The highest BCUT2D eigenvalue weighted by molar-refractivity contribution is 7.59. The molecule has 0 spiro atoms. The zero-order chi connectivity index (χ0) is 27.4. The van der Waals surface area contributed by atoms with Gasteiger partial charge in [-0.15, -0.1) is 0 Å². The van der Waals surface area contributed by atoms with Crippen molar-refractivity contribution in [1.29, 1.82) is 0 Å². The van der Waals surface area contributed by atoms with Gasteiger partial charge in [0.25, 0.3) is 0 Å². The number of fused-ring (bicyclic) bond motifs is 1. The maximum atomic E-state index is 13.6. The molecule has 3 fully saturated rings. The second-order valence-electron chi connectivity index (χ2n) is 11.8. The largest absolute Gasteiger partial charge is 0.471 e. The third-order valence-corrected chi connectivity index (χ3v) is 8.27. The number of hydrogen-bond donors (Lipinski definition) is 4. The molecule has 5 N–H and O–H groups in total. The van der Waals surface area contributed by atoms with Crippen LogP contribution in [0.2, 0.25) is 0 Å². The van der Waals surface area contributed by atoms with Crippen LogP contribution in [0, 0.1) is 28.6 Å². The molecule has 13 heteroatoms. The molecule has 1 aliphatic carbocycles. The van der Waals surface area contributed by atoms with Gasteiger partial charge in [0.15, 0.2) is 5.37 Å². The van der Waals surface area contributed by atoms with Crippen LogP contribution in [-0.4, -0.2) is 71.3 Å². The predicted octanol–water partition coefficient (Wildman–Crippen LogP) is -0.130. The smallest absolute Gasteiger partial charge is 0.356 e. The summed E-state index contributed by atoms with van der Waals surface area (Å²) in [5.41, 5.74) is 4.76. The Hall–Kier alpha value is -2.02. The molecule has 0 aromatic rings. The Bertz CT molecular complexity index is 920. The number of nitrogens with one attached hydrogen (secondary N) is 3. The number of nitrogens with zero attached hydrogens (tertiary/aromatic N) is 1. The van der Waals surface area contributed by atoms with Crippen molar-refractivity contribution in [3.63, 3.8) is 0 Å². The molecule has 36 heavy (non-hydrogen) atoms. The molecule has 7 atom stereocenters. The van der Waals surface area contributed by atoms with Gasteiger partial charge in [-0.3, -0.25) is 24.9 Å². The fourth-order valence-corrected chi connectivity index (χ4v) is 5.80. The zero-order valence-corrected chi connectivity index (χ0v) is 22.2. The molecule has 4 amide bonds. The second-order valence-corrected chi connectivity index (χ2v) is 12.5. The normalized spacial score (nSPS) is 29.6. The van der Waals surface area contributed by atoms with E-state index in [0.29, 0.717) is 19.4 Å². The van der Waals surface area contributed by atoms with E-state index in [1.54, 1.807) is 20.8 Å². The molecular weight excluding hydrogens is 499 g/mol. The van der Waals surface area contributed by atoms with Gasteiger partial charge in [0, 0.05) is 19.0 Å². The Balaban J connectivity index is 1.83. The highest BCUT2D eigenvalue weighted by Gasteiger charge is 2.70. The molecule has 3 aliphatic rings. The van der Waals surface area contributed by atoms with Crippen LogP contribution in [0.3, 0.4) is 0 Å². The molecular formula is C23H37F3N5O4S+. The van der Waals surface area contributed by atoms with Crippen LogP contribution >= 0.6 is 0 Å². The van der Waals surface area contributed by atoms with Crippen molar-refractivity contribution in [3.05, 3.63) is 0 Å². The van der Waals surface area contributed by atoms with E-state index in [4.69, 9.17) is 5.73 Å². The van der Waals surface area contributed by atoms with E-state index in [9.17, 15) is 32.3 Å². The first kappa shape index (κ1) is 28.5. The Labute approximate surface area is 214 Å². The van der Waals surface area contributed by atoms with Crippen LogP contribution in [0.4, 0.5) is 13.2 Å². The molecule has 2 saturated heterocycles. The Morgan fingerprint density at radius 1 is 1.22 bits per heavy atom. The summed E-state index contributed by atoms with van der Waals surface area (Å²) < 4.78 is 38.9. The van der Waals surface area contributed by atoms with Crippen molar-refractivity contribution in [3.8, 4) is 0 Å². The lowest BCUT2D eigenvalue weighted by Gasteiger charge is -2.38. The van der Waals surface area contributed by atoms with Gasteiger partial charge in [0.2, 0.25) is 17.7 Å². The van der Waals surface area contributed by atoms with Crippen molar-refractivity contribution in [2.75, 3.05) is 13.1 Å². The van der Waals surface area contributed by atoms with Crippen LogP contribution in [0.5, 0.6) is 0 Å². The number of rotatable bonds is 7. The number of halogens is 3. The predicted molar refractivity (Wildman–Crippen MR) is 129 cm³/mol. The first-order valence-electron chi connectivity index (χ1n) is 12.1. The molecule has 0 bridgehead atoms. The van der Waals surface area contributed by atoms with Crippen molar-refractivity contribution in [2.45, 2.75) is 77.1 Å². The van der Waals surface area contributed by atoms with E-state index in [-0.39, 0.29) is 35.6 Å². The van der Waals surface area contributed by atoms with Gasteiger partial charge in [-0.05, 0) is 48.1 Å². The van der Waals surface area contributed by atoms with E-state index in [1.807, 2.05) is 19.2 Å². The molecule has 3 rings (SSSR count). The van der Waals surface area contributed by atoms with Crippen LogP contribution in [0.1, 0.15) is 47.5 Å². The lowest BCUT2D eigenvalue weighted by molar-refractivity contribution is -0.176. The average molecular weight is 537 g/mol. The Morgan fingerprint density at radius 2 is 1.83 bits per heavy atom. The van der Waals surface area contributed by atoms with Crippen LogP contribution in [-0.2, 0) is 31.8 Å². The molecule has 204 valence electrons. The molecule has 2 aliphatic heterocycles. The van der Waals surface area contributed by atoms with Gasteiger partial charge in [-0.1, -0.05) is 34.6 Å².